The van der Waals surface area contributed by atoms with Crippen molar-refractivity contribution in [2.24, 2.45) is 0 Å². The highest BCUT2D eigenvalue weighted by Crippen LogP contribution is 2.34. The minimum Gasteiger partial charge on any atom is -0.377 e. The molecule has 0 aliphatic carbocycles. The molecule has 1 aliphatic heterocycles. The number of aromatic nitrogens is 6. The van der Waals surface area contributed by atoms with Crippen molar-refractivity contribution in [1.29, 1.82) is 0 Å². The van der Waals surface area contributed by atoms with Crippen LogP contribution in [0.3, 0.4) is 0 Å². The minimum atomic E-state index is 0.198. The maximum absolute atomic E-state index is 5.68. The molecule has 0 N–H and O–H groups in total. The van der Waals surface area contributed by atoms with E-state index in [2.05, 4.69) is 47.3 Å². The van der Waals surface area contributed by atoms with Crippen molar-refractivity contribution in [3.8, 4) is 27.6 Å². The molecule has 0 amide bonds. The van der Waals surface area contributed by atoms with Gasteiger partial charge in [0.1, 0.15) is 0 Å². The Hall–Kier alpha value is -3.17. The summed E-state index contributed by atoms with van der Waals surface area (Å²) < 4.78 is 7.41. The fourth-order valence-corrected chi connectivity index (χ4v) is 4.60. The summed E-state index contributed by atoms with van der Waals surface area (Å²) in [6, 6.07) is 12.6. The van der Waals surface area contributed by atoms with Gasteiger partial charge in [0, 0.05) is 6.20 Å². The van der Waals surface area contributed by atoms with Gasteiger partial charge in [0.15, 0.2) is 5.82 Å². The van der Waals surface area contributed by atoms with E-state index in [1.165, 1.54) is 5.56 Å². The monoisotopic (exact) mass is 433 g/mol. The number of tetrazole rings is 1. The van der Waals surface area contributed by atoms with Crippen molar-refractivity contribution < 1.29 is 4.74 Å². The highest BCUT2D eigenvalue weighted by Gasteiger charge is 2.29. The number of aryl methyl sites for hydroxylation is 1. The van der Waals surface area contributed by atoms with Gasteiger partial charge in [-0.25, -0.2) is 9.97 Å². The van der Waals surface area contributed by atoms with E-state index in [1.54, 1.807) is 16.0 Å². The molecule has 1 saturated heterocycles. The van der Waals surface area contributed by atoms with Crippen LogP contribution >= 0.6 is 11.3 Å². The molecule has 5 rings (SSSR count). The number of hydrogen-bond acceptors (Lipinski definition) is 8. The number of nitrogens with zero attached hydrogens (tertiary/aromatic N) is 7. The molecule has 0 spiro atoms. The molecule has 0 radical (unpaired) electrons. The number of hydrogen-bond donors (Lipinski definition) is 0. The maximum Gasteiger partial charge on any atom is 0.226 e. The first-order chi connectivity index (χ1) is 15.1. The second kappa shape index (κ2) is 8.16. The molecular weight excluding hydrogens is 410 g/mol. The third-order valence-electron chi connectivity index (χ3n) is 5.42. The third-order valence-corrected chi connectivity index (χ3v) is 6.29. The van der Waals surface area contributed by atoms with Crippen LogP contribution in [0.5, 0.6) is 0 Å². The van der Waals surface area contributed by atoms with E-state index in [0.717, 1.165) is 21.8 Å². The van der Waals surface area contributed by atoms with Gasteiger partial charge < -0.3 is 9.64 Å². The summed E-state index contributed by atoms with van der Waals surface area (Å²) in [5.74, 6) is 1.31. The molecule has 8 nitrogen and oxygen atoms in total. The Bertz CT molecular complexity index is 1160. The normalized spacial score (nSPS) is 19.0. The van der Waals surface area contributed by atoms with Gasteiger partial charge in [0.25, 0.3) is 0 Å². The van der Waals surface area contributed by atoms with Crippen LogP contribution in [0.15, 0.2) is 48.0 Å². The molecule has 4 aromatic rings. The van der Waals surface area contributed by atoms with Crippen molar-refractivity contribution >= 4 is 17.3 Å². The van der Waals surface area contributed by atoms with E-state index >= 15 is 0 Å². The smallest absolute Gasteiger partial charge is 0.226 e. The predicted molar refractivity (Wildman–Crippen MR) is 120 cm³/mol. The largest absolute Gasteiger partial charge is 0.377 e. The Morgan fingerprint density at radius 1 is 1.06 bits per heavy atom. The summed E-state index contributed by atoms with van der Waals surface area (Å²) in [4.78, 5) is 13.0. The van der Waals surface area contributed by atoms with Gasteiger partial charge in [-0.05, 0) is 54.8 Å². The van der Waals surface area contributed by atoms with E-state index < -0.39 is 0 Å². The molecule has 158 valence electrons. The van der Waals surface area contributed by atoms with Crippen LogP contribution in [0.4, 0.5) is 5.95 Å². The molecule has 2 unspecified atom stereocenters. The van der Waals surface area contributed by atoms with E-state index in [-0.39, 0.29) is 12.1 Å². The summed E-state index contributed by atoms with van der Waals surface area (Å²) >= 11 is 1.64. The van der Waals surface area contributed by atoms with Crippen LogP contribution < -0.4 is 4.90 Å². The maximum atomic E-state index is 5.68. The lowest BCUT2D eigenvalue weighted by Gasteiger charge is -2.38. The molecule has 3 aromatic heterocycles. The Balaban J connectivity index is 1.64. The Labute approximate surface area is 184 Å². The highest BCUT2D eigenvalue weighted by molar-refractivity contribution is 7.13. The number of benzene rings is 1. The summed E-state index contributed by atoms with van der Waals surface area (Å²) in [6.07, 6.45) is 1.84. The molecule has 0 bridgehead atoms. The van der Waals surface area contributed by atoms with Crippen LogP contribution in [0.2, 0.25) is 0 Å². The lowest BCUT2D eigenvalue weighted by Crippen LogP contribution is -2.50. The topological polar surface area (TPSA) is 81.9 Å². The van der Waals surface area contributed by atoms with Crippen molar-refractivity contribution in [3.05, 3.63) is 53.5 Å². The Morgan fingerprint density at radius 2 is 1.84 bits per heavy atom. The minimum absolute atomic E-state index is 0.198. The number of anilines is 1. The van der Waals surface area contributed by atoms with Gasteiger partial charge in [-0.1, -0.05) is 23.8 Å². The fraction of sp³-hybridized carbons (Fsp3) is 0.318. The van der Waals surface area contributed by atoms with Crippen molar-refractivity contribution in [2.75, 3.05) is 18.1 Å². The molecule has 4 heterocycles. The Kier molecular flexibility index (Phi) is 5.21. The zero-order chi connectivity index (χ0) is 21.4. The predicted octanol–water partition coefficient (Wildman–Crippen LogP) is 3.77. The van der Waals surface area contributed by atoms with Crippen LogP contribution in [-0.2, 0) is 4.74 Å². The van der Waals surface area contributed by atoms with Crippen molar-refractivity contribution in [2.45, 2.75) is 32.9 Å². The van der Waals surface area contributed by atoms with Crippen LogP contribution in [0.25, 0.3) is 27.6 Å². The van der Waals surface area contributed by atoms with Crippen LogP contribution in [0, 0.1) is 6.92 Å². The molecule has 2 atom stereocenters. The second-order valence-corrected chi connectivity index (χ2v) is 8.75. The molecule has 31 heavy (non-hydrogen) atoms. The van der Waals surface area contributed by atoms with E-state index in [1.807, 2.05) is 41.9 Å². The molecule has 9 heteroatoms. The first-order valence-electron chi connectivity index (χ1n) is 10.2. The van der Waals surface area contributed by atoms with Crippen LogP contribution in [-0.4, -0.2) is 55.5 Å². The van der Waals surface area contributed by atoms with Gasteiger partial charge in [-0.3, -0.25) is 0 Å². The van der Waals surface area contributed by atoms with E-state index in [9.17, 15) is 0 Å². The second-order valence-electron chi connectivity index (χ2n) is 7.80. The molecule has 1 fully saturated rings. The lowest BCUT2D eigenvalue weighted by molar-refractivity contribution is 0.0747. The lowest BCUT2D eigenvalue weighted by atomic mass is 10.1. The summed E-state index contributed by atoms with van der Waals surface area (Å²) in [5, 5.41) is 14.5. The zero-order valence-corrected chi connectivity index (χ0v) is 18.5. The number of rotatable bonds is 4. The molecular formula is C22H23N7OS. The highest BCUT2D eigenvalue weighted by atomic mass is 32.1. The number of morpholine rings is 1. The summed E-state index contributed by atoms with van der Waals surface area (Å²) in [5.41, 5.74) is 3.70. The van der Waals surface area contributed by atoms with Gasteiger partial charge in [-0.2, -0.15) is 4.68 Å². The first-order valence-corrected chi connectivity index (χ1v) is 11.1. The van der Waals surface area contributed by atoms with Crippen LogP contribution in [0.1, 0.15) is 19.4 Å². The average Bonchev–Trinajstić information content (AvgIpc) is 3.47. The quantitative estimate of drug-likeness (QED) is 0.484. The van der Waals surface area contributed by atoms with Gasteiger partial charge in [-0.15, -0.1) is 16.4 Å². The average molecular weight is 434 g/mol. The van der Waals surface area contributed by atoms with Crippen molar-refractivity contribution in [1.82, 2.24) is 30.2 Å². The first kappa shape index (κ1) is 19.8. The molecule has 1 aromatic carbocycles. The fourth-order valence-electron chi connectivity index (χ4n) is 3.88. The van der Waals surface area contributed by atoms with Gasteiger partial charge in [0.05, 0.1) is 47.1 Å². The van der Waals surface area contributed by atoms with E-state index in [0.29, 0.717) is 25.0 Å². The zero-order valence-electron chi connectivity index (χ0n) is 17.6. The van der Waals surface area contributed by atoms with E-state index in [4.69, 9.17) is 14.7 Å². The Morgan fingerprint density at radius 3 is 2.55 bits per heavy atom. The number of thiophene rings is 1. The third kappa shape index (κ3) is 3.70. The van der Waals surface area contributed by atoms with Crippen molar-refractivity contribution in [3.63, 3.8) is 0 Å². The SMILES string of the molecule is Cc1ccc(-n2nnnc2-c2cnc(N3C(C)COCC3C)nc2-c2cccs2)cc1. The molecule has 0 saturated carbocycles. The number of ether oxygens (including phenoxy) is 1. The molecule has 1 aliphatic rings. The summed E-state index contributed by atoms with van der Waals surface area (Å²) in [7, 11) is 0. The van der Waals surface area contributed by atoms with Gasteiger partial charge >= 0.3 is 0 Å². The standard InChI is InChI=1S/C22H23N7OS/c1-14-6-8-17(9-7-14)29-21(25-26-27-29)18-11-23-22(24-20(18)19-5-4-10-31-19)28-15(2)12-30-13-16(28)3/h4-11,15-16H,12-13H2,1-3H3. The van der Waals surface area contributed by atoms with Gasteiger partial charge in [0.2, 0.25) is 5.95 Å². The summed E-state index contributed by atoms with van der Waals surface area (Å²) in [6.45, 7) is 7.65.